The van der Waals surface area contributed by atoms with E-state index in [-0.39, 0.29) is 24.0 Å². The fourth-order valence-corrected chi connectivity index (χ4v) is 5.74. The monoisotopic (exact) mass is 629 g/mol. The predicted octanol–water partition coefficient (Wildman–Crippen LogP) is 5.33. The van der Waals surface area contributed by atoms with Crippen LogP contribution in [-0.4, -0.2) is 79.3 Å². The molecule has 12 nitrogen and oxygen atoms in total. The van der Waals surface area contributed by atoms with Crippen molar-refractivity contribution < 1.29 is 23.9 Å². The van der Waals surface area contributed by atoms with Crippen molar-refractivity contribution in [3.63, 3.8) is 0 Å². The summed E-state index contributed by atoms with van der Waals surface area (Å²) in [5.74, 6) is 0.996. The van der Waals surface area contributed by atoms with Gasteiger partial charge in [-0.05, 0) is 56.7 Å². The van der Waals surface area contributed by atoms with Gasteiger partial charge in [-0.25, -0.2) is 19.8 Å². The van der Waals surface area contributed by atoms with E-state index < -0.39 is 0 Å². The molecule has 3 heterocycles. The molecule has 2 aliphatic heterocycles. The zero-order valence-corrected chi connectivity index (χ0v) is 27.0. The maximum absolute atomic E-state index is 12.6. The van der Waals surface area contributed by atoms with Crippen LogP contribution in [0.4, 0.5) is 28.7 Å². The summed E-state index contributed by atoms with van der Waals surface area (Å²) in [6.07, 6.45) is 4.34. The highest BCUT2D eigenvalue weighted by Gasteiger charge is 2.30. The number of hydrogen-bond donors (Lipinski definition) is 2. The quantitative estimate of drug-likeness (QED) is 0.200. The average Bonchev–Trinajstić information content (AvgIpc) is 3.56. The minimum Gasteiger partial charge on any atom is -0.494 e. The Kier molecular flexibility index (Phi) is 10.7. The number of nitrogens with one attached hydrogen (secondary N) is 2. The largest absolute Gasteiger partial charge is 0.494 e. The highest BCUT2D eigenvalue weighted by molar-refractivity contribution is 6.02. The fourth-order valence-electron chi connectivity index (χ4n) is 5.74. The van der Waals surface area contributed by atoms with Gasteiger partial charge in [0, 0.05) is 44.7 Å². The molecule has 2 aromatic carbocycles. The third-order valence-electron chi connectivity index (χ3n) is 7.91. The number of benzene rings is 2. The lowest BCUT2D eigenvalue weighted by atomic mass is 10.0. The van der Waals surface area contributed by atoms with E-state index in [1.54, 1.807) is 24.3 Å². The molecule has 2 fully saturated rings. The Bertz CT molecular complexity index is 1540. The van der Waals surface area contributed by atoms with Gasteiger partial charge in [0.1, 0.15) is 17.9 Å². The number of anilines is 5. The van der Waals surface area contributed by atoms with Gasteiger partial charge in [0.05, 0.1) is 48.5 Å². The molecule has 46 heavy (non-hydrogen) atoms. The van der Waals surface area contributed by atoms with E-state index in [2.05, 4.69) is 43.9 Å². The SMILES string of the molecule is C=CC(=O)Nc1cc(Nc2cc(N3OCC[C@@H]3c3cccc(C(=O)OC(C)C)c3)ncn2)c(OC)cc1N1CCN(CCC)CC1. The van der Waals surface area contributed by atoms with Crippen LogP contribution < -0.4 is 25.3 Å². The van der Waals surface area contributed by atoms with Gasteiger partial charge in [-0.15, -0.1) is 0 Å². The van der Waals surface area contributed by atoms with E-state index in [0.29, 0.717) is 47.4 Å². The van der Waals surface area contributed by atoms with Crippen molar-refractivity contribution >= 4 is 40.6 Å². The molecule has 12 heteroatoms. The highest BCUT2D eigenvalue weighted by Crippen LogP contribution is 2.40. The first-order valence-corrected chi connectivity index (χ1v) is 15.7. The summed E-state index contributed by atoms with van der Waals surface area (Å²) in [7, 11) is 1.62. The summed E-state index contributed by atoms with van der Waals surface area (Å²) in [5, 5.41) is 8.06. The van der Waals surface area contributed by atoms with Crippen LogP contribution in [0, 0.1) is 0 Å². The Morgan fingerprint density at radius 2 is 1.91 bits per heavy atom. The van der Waals surface area contributed by atoms with Crippen molar-refractivity contribution in [1.82, 2.24) is 14.9 Å². The molecule has 5 rings (SSSR count). The summed E-state index contributed by atoms with van der Waals surface area (Å²) < 4.78 is 11.2. The summed E-state index contributed by atoms with van der Waals surface area (Å²) in [6.45, 7) is 14.6. The second-order valence-electron chi connectivity index (χ2n) is 11.5. The van der Waals surface area contributed by atoms with Gasteiger partial charge in [-0.2, -0.15) is 0 Å². The normalized spacial score (nSPS) is 16.8. The van der Waals surface area contributed by atoms with Crippen LogP contribution in [0.3, 0.4) is 0 Å². The third-order valence-corrected chi connectivity index (χ3v) is 7.91. The second kappa shape index (κ2) is 15.1. The van der Waals surface area contributed by atoms with Crippen molar-refractivity contribution in [3.8, 4) is 5.75 Å². The summed E-state index contributed by atoms with van der Waals surface area (Å²) in [5.41, 5.74) is 3.55. The van der Waals surface area contributed by atoms with Gasteiger partial charge >= 0.3 is 5.97 Å². The Labute approximate surface area is 270 Å². The zero-order chi connectivity index (χ0) is 32.6. The van der Waals surface area contributed by atoms with E-state index in [9.17, 15) is 9.59 Å². The molecular formula is C34H43N7O5. The van der Waals surface area contributed by atoms with Crippen molar-refractivity contribution in [2.24, 2.45) is 0 Å². The van der Waals surface area contributed by atoms with E-state index in [0.717, 1.165) is 50.4 Å². The Hall–Kier alpha value is -4.68. The number of methoxy groups -OCH3 is 1. The minimum absolute atomic E-state index is 0.165. The molecule has 0 spiro atoms. The number of carbonyl (C=O) groups excluding carboxylic acids is 2. The van der Waals surface area contributed by atoms with Gasteiger partial charge < -0.3 is 25.0 Å². The predicted molar refractivity (Wildman–Crippen MR) is 179 cm³/mol. The van der Waals surface area contributed by atoms with Crippen LogP contribution in [-0.2, 0) is 14.4 Å². The van der Waals surface area contributed by atoms with E-state index in [1.807, 2.05) is 44.2 Å². The van der Waals surface area contributed by atoms with Crippen LogP contribution in [0.25, 0.3) is 0 Å². The molecule has 0 saturated carbocycles. The highest BCUT2D eigenvalue weighted by atomic mass is 16.7. The first kappa shape index (κ1) is 32.7. The molecule has 1 amide bonds. The molecule has 244 valence electrons. The van der Waals surface area contributed by atoms with Crippen LogP contribution in [0.2, 0.25) is 0 Å². The van der Waals surface area contributed by atoms with Crippen molar-refractivity contribution in [1.29, 1.82) is 0 Å². The molecule has 3 aromatic rings. The molecule has 1 aromatic heterocycles. The minimum atomic E-state index is -0.363. The van der Waals surface area contributed by atoms with Gasteiger partial charge in [-0.3, -0.25) is 14.5 Å². The van der Waals surface area contributed by atoms with Gasteiger partial charge in [0.15, 0.2) is 5.82 Å². The number of carbonyl (C=O) groups is 2. The molecule has 0 unspecified atom stereocenters. The van der Waals surface area contributed by atoms with E-state index in [1.165, 1.54) is 12.4 Å². The maximum Gasteiger partial charge on any atom is 0.338 e. The molecule has 2 aliphatic rings. The van der Waals surface area contributed by atoms with Crippen LogP contribution in [0.5, 0.6) is 5.75 Å². The van der Waals surface area contributed by atoms with Crippen molar-refractivity contribution in [2.75, 3.05) is 67.0 Å². The van der Waals surface area contributed by atoms with Crippen molar-refractivity contribution in [3.05, 3.63) is 72.6 Å². The van der Waals surface area contributed by atoms with Crippen LogP contribution in [0.15, 0.2) is 61.4 Å². The molecule has 2 N–H and O–H groups in total. The fraction of sp³-hybridized carbons (Fsp3) is 0.412. The molecular weight excluding hydrogens is 586 g/mol. The number of esters is 1. The first-order valence-electron chi connectivity index (χ1n) is 15.7. The number of ether oxygens (including phenoxy) is 2. The summed E-state index contributed by atoms with van der Waals surface area (Å²) in [6, 6.07) is 12.8. The maximum atomic E-state index is 12.6. The second-order valence-corrected chi connectivity index (χ2v) is 11.5. The number of piperazine rings is 1. The molecule has 0 aliphatic carbocycles. The number of hydroxylamine groups is 1. The van der Waals surface area contributed by atoms with Gasteiger partial charge in [0.2, 0.25) is 5.91 Å². The summed E-state index contributed by atoms with van der Waals surface area (Å²) >= 11 is 0. The number of amides is 1. The van der Waals surface area contributed by atoms with E-state index >= 15 is 0 Å². The van der Waals surface area contributed by atoms with Crippen LogP contribution in [0.1, 0.15) is 55.6 Å². The number of nitrogens with zero attached hydrogens (tertiary/aromatic N) is 5. The number of aromatic nitrogens is 2. The molecule has 0 radical (unpaired) electrons. The van der Waals surface area contributed by atoms with Crippen LogP contribution >= 0.6 is 0 Å². The molecule has 2 saturated heterocycles. The molecule has 1 atom stereocenters. The average molecular weight is 630 g/mol. The first-order chi connectivity index (χ1) is 22.3. The number of rotatable bonds is 12. The van der Waals surface area contributed by atoms with E-state index in [4.69, 9.17) is 14.3 Å². The summed E-state index contributed by atoms with van der Waals surface area (Å²) in [4.78, 5) is 44.7. The molecule has 0 bridgehead atoms. The Morgan fingerprint density at radius 1 is 1.11 bits per heavy atom. The Balaban J connectivity index is 1.39. The van der Waals surface area contributed by atoms with Crippen molar-refractivity contribution in [2.45, 2.75) is 45.8 Å². The zero-order valence-electron chi connectivity index (χ0n) is 27.0. The lowest BCUT2D eigenvalue weighted by Gasteiger charge is -2.37. The lowest BCUT2D eigenvalue weighted by molar-refractivity contribution is -0.111. The van der Waals surface area contributed by atoms with Gasteiger partial charge in [-0.1, -0.05) is 25.6 Å². The standard InChI is InChI=1S/C34H43N7O5/c1-6-12-39-13-15-40(16-14-39)29-20-30(44-5)27(19-26(29)38-33(42)7-2)37-31-21-32(36-22-35-31)41-28(11-17-45-41)24-9-8-10-25(18-24)34(43)46-23(3)4/h7-10,18-23,28H,2,6,11-17H2,1,3-5H3,(H,38,42)(H,35,36,37)/t28-/m1/s1. The number of hydrogen-bond acceptors (Lipinski definition) is 11. The van der Waals surface area contributed by atoms with Gasteiger partial charge in [0.25, 0.3) is 0 Å². The lowest BCUT2D eigenvalue weighted by Crippen LogP contribution is -2.46. The third kappa shape index (κ3) is 7.75. The topological polar surface area (TPSA) is 121 Å². The Morgan fingerprint density at radius 3 is 2.63 bits per heavy atom. The smallest absolute Gasteiger partial charge is 0.338 e.